The molecule has 108 valence electrons. The fourth-order valence-corrected chi connectivity index (χ4v) is 2.45. The zero-order valence-corrected chi connectivity index (χ0v) is 12.6. The molecule has 1 heterocycles. The van der Waals surface area contributed by atoms with Gasteiger partial charge in [0.05, 0.1) is 22.5 Å². The number of hydrogen-bond donors (Lipinski definition) is 1. The average molecular weight is 297 g/mol. The van der Waals surface area contributed by atoms with Gasteiger partial charge < -0.3 is 5.11 Å². The Morgan fingerprint density at radius 2 is 2.10 bits per heavy atom. The quantitative estimate of drug-likeness (QED) is 0.936. The Labute approximate surface area is 123 Å². The van der Waals surface area contributed by atoms with Gasteiger partial charge in [0.2, 0.25) is 0 Å². The number of aromatic nitrogens is 2. The zero-order valence-electron chi connectivity index (χ0n) is 11.8. The number of aliphatic hydroxyl groups is 1. The second kappa shape index (κ2) is 5.94. The number of aryl methyl sites for hydroxylation is 3. The summed E-state index contributed by atoms with van der Waals surface area (Å²) in [6.45, 7) is 6.18. The van der Waals surface area contributed by atoms with Crippen molar-refractivity contribution in [1.29, 1.82) is 0 Å². The van der Waals surface area contributed by atoms with E-state index in [0.717, 1.165) is 11.4 Å². The molecule has 3 nitrogen and oxygen atoms in total. The normalized spacial score (nSPS) is 12.7. The molecule has 0 aliphatic carbocycles. The molecule has 0 radical (unpaired) electrons. The highest BCUT2D eigenvalue weighted by Gasteiger charge is 2.18. The van der Waals surface area contributed by atoms with Gasteiger partial charge in [-0.15, -0.1) is 0 Å². The topological polar surface area (TPSA) is 38.0 Å². The summed E-state index contributed by atoms with van der Waals surface area (Å²) in [5.41, 5.74) is 2.77. The van der Waals surface area contributed by atoms with Gasteiger partial charge >= 0.3 is 0 Å². The molecule has 0 saturated carbocycles. The van der Waals surface area contributed by atoms with Gasteiger partial charge in [0.25, 0.3) is 0 Å². The van der Waals surface area contributed by atoms with E-state index in [1.54, 1.807) is 23.7 Å². The third-order valence-electron chi connectivity index (χ3n) is 3.41. The average Bonchev–Trinajstić information content (AvgIpc) is 2.69. The highest BCUT2D eigenvalue weighted by atomic mass is 35.5. The van der Waals surface area contributed by atoms with E-state index in [1.807, 2.05) is 13.8 Å². The number of hydrogen-bond acceptors (Lipinski definition) is 2. The van der Waals surface area contributed by atoms with Gasteiger partial charge in [-0.2, -0.15) is 5.10 Å². The van der Waals surface area contributed by atoms with Crippen molar-refractivity contribution in [2.45, 2.75) is 39.8 Å². The van der Waals surface area contributed by atoms with Crippen molar-refractivity contribution in [1.82, 2.24) is 9.78 Å². The molecular weight excluding hydrogens is 279 g/mol. The first-order valence-electron chi connectivity index (χ1n) is 6.60. The summed E-state index contributed by atoms with van der Waals surface area (Å²) >= 11 is 6.23. The van der Waals surface area contributed by atoms with Crippen molar-refractivity contribution in [2.75, 3.05) is 0 Å². The molecule has 1 N–H and O–H groups in total. The maximum Gasteiger partial charge on any atom is 0.126 e. The van der Waals surface area contributed by atoms with Crippen LogP contribution in [0.3, 0.4) is 0 Å². The molecule has 0 aliphatic rings. The summed E-state index contributed by atoms with van der Waals surface area (Å²) in [5, 5.41) is 15.2. The van der Waals surface area contributed by atoms with E-state index in [2.05, 4.69) is 5.10 Å². The van der Waals surface area contributed by atoms with Crippen LogP contribution in [0.2, 0.25) is 5.02 Å². The van der Waals surface area contributed by atoms with Crippen LogP contribution in [-0.2, 0) is 13.0 Å². The number of halogens is 2. The first-order chi connectivity index (χ1) is 9.43. The van der Waals surface area contributed by atoms with Crippen LogP contribution in [0.15, 0.2) is 18.2 Å². The maximum absolute atomic E-state index is 13.3. The Hall–Kier alpha value is -1.39. The molecule has 0 amide bonds. The number of nitrogens with zero attached hydrogens (tertiary/aromatic N) is 2. The van der Waals surface area contributed by atoms with E-state index in [0.29, 0.717) is 29.1 Å². The van der Waals surface area contributed by atoms with Crippen LogP contribution in [0.1, 0.15) is 35.5 Å². The smallest absolute Gasteiger partial charge is 0.126 e. The van der Waals surface area contributed by atoms with Gasteiger partial charge in [-0.25, -0.2) is 4.39 Å². The van der Waals surface area contributed by atoms with E-state index in [4.69, 9.17) is 11.6 Å². The minimum absolute atomic E-state index is 0.270. The second-order valence-electron chi connectivity index (χ2n) is 4.89. The molecule has 0 spiro atoms. The Morgan fingerprint density at radius 1 is 1.40 bits per heavy atom. The van der Waals surface area contributed by atoms with Crippen molar-refractivity contribution < 1.29 is 9.50 Å². The molecule has 0 bridgehead atoms. The lowest BCUT2D eigenvalue weighted by molar-refractivity contribution is 0.175. The van der Waals surface area contributed by atoms with Gasteiger partial charge in [0.1, 0.15) is 5.82 Å². The molecule has 1 unspecified atom stereocenters. The lowest BCUT2D eigenvalue weighted by Gasteiger charge is -2.13. The number of benzene rings is 1. The predicted octanol–water partition coefficient (Wildman–Crippen LogP) is 3.59. The van der Waals surface area contributed by atoms with Gasteiger partial charge in [-0.1, -0.05) is 23.7 Å². The lowest BCUT2D eigenvalue weighted by atomic mass is 10.0. The first kappa shape index (κ1) is 15.0. The fourth-order valence-electron chi connectivity index (χ4n) is 2.24. The van der Waals surface area contributed by atoms with E-state index in [1.165, 1.54) is 6.07 Å². The van der Waals surface area contributed by atoms with E-state index < -0.39 is 6.10 Å². The second-order valence-corrected chi connectivity index (χ2v) is 5.27. The standard InChI is InChI=1S/C15H18ClFN2O/c1-4-19-13(15(16)10(3)18-19)8-14(20)11-5-6-12(17)9(2)7-11/h5-7,14,20H,4,8H2,1-3H3. The number of aliphatic hydroxyl groups excluding tert-OH is 1. The van der Waals surface area contributed by atoms with E-state index in [9.17, 15) is 9.50 Å². The minimum Gasteiger partial charge on any atom is -0.388 e. The largest absolute Gasteiger partial charge is 0.388 e. The van der Waals surface area contributed by atoms with Gasteiger partial charge in [0, 0.05) is 13.0 Å². The van der Waals surface area contributed by atoms with Crippen molar-refractivity contribution in [2.24, 2.45) is 0 Å². The molecule has 1 aromatic carbocycles. The summed E-state index contributed by atoms with van der Waals surface area (Å²) in [5.74, 6) is -0.270. The van der Waals surface area contributed by atoms with Gasteiger partial charge in [-0.3, -0.25) is 4.68 Å². The molecule has 5 heteroatoms. The summed E-state index contributed by atoms with van der Waals surface area (Å²) in [4.78, 5) is 0. The Bertz CT molecular complexity index is 625. The maximum atomic E-state index is 13.3. The molecular formula is C15H18ClFN2O. The summed E-state index contributed by atoms with van der Waals surface area (Å²) < 4.78 is 15.0. The molecule has 2 aromatic rings. The fraction of sp³-hybridized carbons (Fsp3) is 0.400. The van der Waals surface area contributed by atoms with Crippen LogP contribution in [0.4, 0.5) is 4.39 Å². The van der Waals surface area contributed by atoms with Crippen LogP contribution in [0.5, 0.6) is 0 Å². The molecule has 0 aliphatic heterocycles. The van der Waals surface area contributed by atoms with Gasteiger partial charge in [-0.05, 0) is 38.0 Å². The van der Waals surface area contributed by atoms with Crippen molar-refractivity contribution in [3.05, 3.63) is 51.6 Å². The van der Waals surface area contributed by atoms with Crippen LogP contribution in [0.25, 0.3) is 0 Å². The highest BCUT2D eigenvalue weighted by molar-refractivity contribution is 6.31. The summed E-state index contributed by atoms with van der Waals surface area (Å²) in [7, 11) is 0. The molecule has 1 atom stereocenters. The third kappa shape index (κ3) is 2.86. The molecule has 0 fully saturated rings. The van der Waals surface area contributed by atoms with Crippen LogP contribution in [0, 0.1) is 19.7 Å². The Balaban J connectivity index is 2.27. The van der Waals surface area contributed by atoms with E-state index >= 15 is 0 Å². The molecule has 20 heavy (non-hydrogen) atoms. The summed E-state index contributed by atoms with van der Waals surface area (Å²) in [6.07, 6.45) is -0.369. The molecule has 1 aromatic heterocycles. The minimum atomic E-state index is -0.729. The van der Waals surface area contributed by atoms with Crippen molar-refractivity contribution in [3.8, 4) is 0 Å². The number of rotatable bonds is 4. The highest BCUT2D eigenvalue weighted by Crippen LogP contribution is 2.26. The monoisotopic (exact) mass is 296 g/mol. The van der Waals surface area contributed by atoms with E-state index in [-0.39, 0.29) is 5.82 Å². The van der Waals surface area contributed by atoms with Crippen LogP contribution in [-0.4, -0.2) is 14.9 Å². The first-order valence-corrected chi connectivity index (χ1v) is 6.97. The Morgan fingerprint density at radius 3 is 2.70 bits per heavy atom. The van der Waals surface area contributed by atoms with Crippen LogP contribution >= 0.6 is 11.6 Å². The SMILES string of the molecule is CCn1nc(C)c(Cl)c1CC(O)c1ccc(F)c(C)c1. The summed E-state index contributed by atoms with van der Waals surface area (Å²) in [6, 6.07) is 4.63. The zero-order chi connectivity index (χ0) is 14.9. The van der Waals surface area contributed by atoms with Crippen molar-refractivity contribution in [3.63, 3.8) is 0 Å². The van der Waals surface area contributed by atoms with Crippen molar-refractivity contribution >= 4 is 11.6 Å². The molecule has 2 rings (SSSR count). The molecule has 0 saturated heterocycles. The lowest BCUT2D eigenvalue weighted by Crippen LogP contribution is -2.09. The van der Waals surface area contributed by atoms with Crippen LogP contribution < -0.4 is 0 Å². The predicted molar refractivity (Wildman–Crippen MR) is 77.4 cm³/mol. The third-order valence-corrected chi connectivity index (χ3v) is 3.90. The van der Waals surface area contributed by atoms with Gasteiger partial charge in [0.15, 0.2) is 0 Å². The Kier molecular flexibility index (Phi) is 4.45.